The predicted molar refractivity (Wildman–Crippen MR) is 99.0 cm³/mol. The standard InChI is InChI=1S/C21H21NO3/c1-2-25-20-10-4-3-7-16(20)12-13-19(23)17-8-5-9-18(15-17)22-14-6-11-21(22)24/h3-5,7-10,12-13,15H,2,6,11,14H2,1H3. The fourth-order valence-corrected chi connectivity index (χ4v) is 2.92. The zero-order valence-electron chi connectivity index (χ0n) is 14.3. The van der Waals surface area contributed by atoms with Crippen LogP contribution in [0.5, 0.6) is 5.75 Å². The van der Waals surface area contributed by atoms with Crippen LogP contribution in [0.4, 0.5) is 5.69 Å². The normalized spacial score (nSPS) is 14.3. The number of hydrogen-bond donors (Lipinski definition) is 0. The first-order valence-corrected chi connectivity index (χ1v) is 8.53. The lowest BCUT2D eigenvalue weighted by Crippen LogP contribution is -2.23. The molecule has 0 aliphatic carbocycles. The summed E-state index contributed by atoms with van der Waals surface area (Å²) in [7, 11) is 0. The minimum Gasteiger partial charge on any atom is -0.493 e. The summed E-state index contributed by atoms with van der Waals surface area (Å²) in [6.45, 7) is 3.22. The summed E-state index contributed by atoms with van der Waals surface area (Å²) < 4.78 is 5.57. The number of allylic oxidation sites excluding steroid dienone is 1. The Morgan fingerprint density at radius 3 is 2.80 bits per heavy atom. The Kier molecular flexibility index (Phi) is 5.29. The number of ether oxygens (including phenoxy) is 1. The van der Waals surface area contributed by atoms with E-state index in [-0.39, 0.29) is 11.7 Å². The van der Waals surface area contributed by atoms with Crippen molar-refractivity contribution in [2.24, 2.45) is 0 Å². The van der Waals surface area contributed by atoms with Crippen molar-refractivity contribution in [3.8, 4) is 5.75 Å². The van der Waals surface area contributed by atoms with Gasteiger partial charge in [0.1, 0.15) is 5.75 Å². The topological polar surface area (TPSA) is 46.6 Å². The molecule has 1 amide bonds. The van der Waals surface area contributed by atoms with E-state index in [4.69, 9.17) is 4.74 Å². The molecule has 0 spiro atoms. The minimum atomic E-state index is -0.0974. The average Bonchev–Trinajstić information content (AvgIpc) is 3.07. The van der Waals surface area contributed by atoms with Gasteiger partial charge in [-0.3, -0.25) is 9.59 Å². The molecule has 0 aromatic heterocycles. The number of nitrogens with zero attached hydrogens (tertiary/aromatic N) is 1. The fourth-order valence-electron chi connectivity index (χ4n) is 2.92. The van der Waals surface area contributed by atoms with Gasteiger partial charge in [0.2, 0.25) is 5.91 Å². The van der Waals surface area contributed by atoms with Gasteiger partial charge < -0.3 is 9.64 Å². The maximum atomic E-state index is 12.5. The Balaban J connectivity index is 1.79. The number of anilines is 1. The maximum Gasteiger partial charge on any atom is 0.227 e. The molecule has 0 radical (unpaired) electrons. The van der Waals surface area contributed by atoms with Gasteiger partial charge in [-0.25, -0.2) is 0 Å². The molecule has 1 aliphatic heterocycles. The molecule has 128 valence electrons. The molecule has 1 aliphatic rings. The summed E-state index contributed by atoms with van der Waals surface area (Å²) in [6.07, 6.45) is 4.75. The van der Waals surface area contributed by atoms with E-state index < -0.39 is 0 Å². The van der Waals surface area contributed by atoms with E-state index in [0.717, 1.165) is 23.4 Å². The molecule has 2 aromatic carbocycles. The summed E-state index contributed by atoms with van der Waals surface area (Å²) >= 11 is 0. The van der Waals surface area contributed by atoms with Crippen molar-refractivity contribution in [3.05, 3.63) is 65.7 Å². The van der Waals surface area contributed by atoms with E-state index in [0.29, 0.717) is 25.1 Å². The molecule has 1 fully saturated rings. The third-order valence-corrected chi connectivity index (χ3v) is 4.15. The Morgan fingerprint density at radius 2 is 2.04 bits per heavy atom. The van der Waals surface area contributed by atoms with Crippen LogP contribution in [0.25, 0.3) is 6.08 Å². The first kappa shape index (κ1) is 17.0. The van der Waals surface area contributed by atoms with Crippen molar-refractivity contribution in [2.45, 2.75) is 19.8 Å². The Labute approximate surface area is 147 Å². The quantitative estimate of drug-likeness (QED) is 0.589. The van der Waals surface area contributed by atoms with Crippen molar-refractivity contribution < 1.29 is 14.3 Å². The molecule has 0 N–H and O–H groups in total. The van der Waals surface area contributed by atoms with Crippen LogP contribution in [0.2, 0.25) is 0 Å². The van der Waals surface area contributed by atoms with Gasteiger partial charge in [-0.1, -0.05) is 30.3 Å². The van der Waals surface area contributed by atoms with E-state index in [1.54, 1.807) is 29.2 Å². The highest BCUT2D eigenvalue weighted by Crippen LogP contribution is 2.23. The zero-order valence-corrected chi connectivity index (χ0v) is 14.3. The highest BCUT2D eigenvalue weighted by molar-refractivity contribution is 6.08. The summed E-state index contributed by atoms with van der Waals surface area (Å²) in [6, 6.07) is 14.8. The fraction of sp³-hybridized carbons (Fsp3) is 0.238. The molecular weight excluding hydrogens is 314 g/mol. The molecule has 0 bridgehead atoms. The minimum absolute atomic E-state index is 0.0974. The van der Waals surface area contributed by atoms with Gasteiger partial charge in [0.25, 0.3) is 0 Å². The average molecular weight is 335 g/mol. The van der Waals surface area contributed by atoms with Crippen LogP contribution >= 0.6 is 0 Å². The Morgan fingerprint density at radius 1 is 1.20 bits per heavy atom. The molecule has 4 nitrogen and oxygen atoms in total. The molecule has 0 atom stereocenters. The predicted octanol–water partition coefficient (Wildman–Crippen LogP) is 4.11. The third kappa shape index (κ3) is 3.97. The van der Waals surface area contributed by atoms with Gasteiger partial charge >= 0.3 is 0 Å². The van der Waals surface area contributed by atoms with Gasteiger partial charge in [-0.05, 0) is 43.7 Å². The van der Waals surface area contributed by atoms with Crippen LogP contribution in [0.1, 0.15) is 35.7 Å². The summed E-state index contributed by atoms with van der Waals surface area (Å²) in [5.41, 5.74) is 2.22. The second kappa shape index (κ2) is 7.79. The van der Waals surface area contributed by atoms with E-state index in [2.05, 4.69) is 0 Å². The van der Waals surface area contributed by atoms with Gasteiger partial charge in [-0.2, -0.15) is 0 Å². The van der Waals surface area contributed by atoms with Crippen molar-refractivity contribution in [1.29, 1.82) is 0 Å². The molecule has 0 unspecified atom stereocenters. The Hall–Kier alpha value is -2.88. The molecule has 0 saturated carbocycles. The second-order valence-corrected chi connectivity index (χ2v) is 5.87. The first-order valence-electron chi connectivity index (χ1n) is 8.53. The van der Waals surface area contributed by atoms with Crippen LogP contribution in [0, 0.1) is 0 Å². The number of carbonyl (C=O) groups is 2. The lowest BCUT2D eigenvalue weighted by molar-refractivity contribution is -0.117. The summed E-state index contributed by atoms with van der Waals surface area (Å²) in [4.78, 5) is 26.1. The number of carbonyl (C=O) groups excluding carboxylic acids is 2. The zero-order chi connectivity index (χ0) is 17.6. The lowest BCUT2D eigenvalue weighted by atomic mass is 10.1. The second-order valence-electron chi connectivity index (χ2n) is 5.87. The highest BCUT2D eigenvalue weighted by Gasteiger charge is 2.22. The number of hydrogen-bond acceptors (Lipinski definition) is 3. The molecule has 3 rings (SSSR count). The number of benzene rings is 2. The maximum absolute atomic E-state index is 12.5. The third-order valence-electron chi connectivity index (χ3n) is 4.15. The SMILES string of the molecule is CCOc1ccccc1C=CC(=O)c1cccc(N2CCCC2=O)c1. The number of rotatable bonds is 6. The van der Waals surface area contributed by atoms with E-state index >= 15 is 0 Å². The number of amides is 1. The molecule has 25 heavy (non-hydrogen) atoms. The van der Waals surface area contributed by atoms with Gasteiger partial charge in [0.15, 0.2) is 5.78 Å². The summed E-state index contributed by atoms with van der Waals surface area (Å²) in [5.74, 6) is 0.774. The van der Waals surface area contributed by atoms with Crippen LogP contribution in [-0.4, -0.2) is 24.8 Å². The van der Waals surface area contributed by atoms with Crippen LogP contribution in [0.3, 0.4) is 0 Å². The van der Waals surface area contributed by atoms with Crippen molar-refractivity contribution in [1.82, 2.24) is 0 Å². The summed E-state index contributed by atoms with van der Waals surface area (Å²) in [5, 5.41) is 0. The van der Waals surface area contributed by atoms with Crippen molar-refractivity contribution in [2.75, 3.05) is 18.1 Å². The molecule has 1 saturated heterocycles. The molecule has 4 heteroatoms. The van der Waals surface area contributed by atoms with Gasteiger partial charge in [0.05, 0.1) is 6.61 Å². The molecule has 1 heterocycles. The van der Waals surface area contributed by atoms with Gasteiger partial charge in [0, 0.05) is 29.8 Å². The number of para-hydroxylation sites is 1. The van der Waals surface area contributed by atoms with Crippen molar-refractivity contribution in [3.63, 3.8) is 0 Å². The van der Waals surface area contributed by atoms with E-state index in [1.165, 1.54) is 0 Å². The first-order chi connectivity index (χ1) is 12.2. The van der Waals surface area contributed by atoms with Gasteiger partial charge in [-0.15, -0.1) is 0 Å². The smallest absolute Gasteiger partial charge is 0.227 e. The molecule has 2 aromatic rings. The van der Waals surface area contributed by atoms with Crippen LogP contribution in [0.15, 0.2) is 54.6 Å². The van der Waals surface area contributed by atoms with Crippen molar-refractivity contribution >= 4 is 23.5 Å². The van der Waals surface area contributed by atoms with Crippen LogP contribution in [-0.2, 0) is 4.79 Å². The number of ketones is 1. The molecular formula is C21H21NO3. The lowest BCUT2D eigenvalue weighted by Gasteiger charge is -2.16. The monoisotopic (exact) mass is 335 g/mol. The van der Waals surface area contributed by atoms with E-state index in [1.807, 2.05) is 43.3 Å². The van der Waals surface area contributed by atoms with E-state index in [9.17, 15) is 9.59 Å². The van der Waals surface area contributed by atoms with Crippen LogP contribution < -0.4 is 9.64 Å². The Bertz CT molecular complexity index is 810. The highest BCUT2D eigenvalue weighted by atomic mass is 16.5. The largest absolute Gasteiger partial charge is 0.493 e.